The lowest BCUT2D eigenvalue weighted by molar-refractivity contribution is -0.141. The monoisotopic (exact) mass is 584 g/mol. The van der Waals surface area contributed by atoms with Gasteiger partial charge < -0.3 is 47.9 Å². The van der Waals surface area contributed by atoms with Crippen LogP contribution < -0.4 is 32.7 Å². The van der Waals surface area contributed by atoms with Crippen molar-refractivity contribution < 1.29 is 29.4 Å². The van der Waals surface area contributed by atoms with Crippen LogP contribution in [-0.2, 0) is 25.6 Å². The summed E-state index contributed by atoms with van der Waals surface area (Å²) in [4.78, 5) is 53.0. The van der Waals surface area contributed by atoms with Crippen LogP contribution in [0.15, 0.2) is 35.9 Å². The molecule has 0 spiro atoms. The van der Waals surface area contributed by atoms with E-state index in [-0.39, 0.29) is 38.1 Å². The minimum absolute atomic E-state index is 0.0403. The van der Waals surface area contributed by atoms with Gasteiger partial charge >= 0.3 is 5.97 Å². The molecular formula is C28H40N8O6. The van der Waals surface area contributed by atoms with Crippen molar-refractivity contribution in [3.63, 3.8) is 0 Å². The van der Waals surface area contributed by atoms with Crippen molar-refractivity contribution in [3.05, 3.63) is 47.2 Å². The molecule has 14 nitrogen and oxygen atoms in total. The molecule has 1 aromatic carbocycles. The Morgan fingerprint density at radius 3 is 2.52 bits per heavy atom. The van der Waals surface area contributed by atoms with Gasteiger partial charge in [-0.05, 0) is 55.3 Å². The van der Waals surface area contributed by atoms with Crippen molar-refractivity contribution in [2.45, 2.75) is 69.8 Å². The highest BCUT2D eigenvalue weighted by Gasteiger charge is 2.30. The molecule has 0 saturated carbocycles. The largest absolute Gasteiger partial charge is 0.480 e. The maximum atomic E-state index is 13.0. The van der Waals surface area contributed by atoms with Gasteiger partial charge in [-0.25, -0.2) is 4.79 Å². The molecule has 3 amide bonds. The second-order valence-electron chi connectivity index (χ2n) is 10.5. The number of aliphatic hydroxyl groups excluding tert-OH is 1. The smallest absolute Gasteiger partial charge is 0.326 e. The molecule has 5 unspecified atom stereocenters. The van der Waals surface area contributed by atoms with Crippen LogP contribution >= 0.6 is 0 Å². The number of carbonyl (C=O) groups excluding carboxylic acids is 3. The molecule has 0 radical (unpaired) electrons. The van der Waals surface area contributed by atoms with Gasteiger partial charge in [-0.15, -0.1) is 0 Å². The maximum absolute atomic E-state index is 13.0. The summed E-state index contributed by atoms with van der Waals surface area (Å²) >= 11 is 0. The van der Waals surface area contributed by atoms with Gasteiger partial charge in [-0.1, -0.05) is 18.2 Å². The Kier molecular flexibility index (Phi) is 11.2. The summed E-state index contributed by atoms with van der Waals surface area (Å²) in [6, 6.07) is 3.69. The Bertz CT molecular complexity index is 1350. The van der Waals surface area contributed by atoms with E-state index < -0.39 is 54.0 Å². The first-order valence-electron chi connectivity index (χ1n) is 13.7. The van der Waals surface area contributed by atoms with E-state index >= 15 is 0 Å². The Labute approximate surface area is 243 Å². The number of hydrogen-bond acceptors (Lipinski definition) is 8. The quantitative estimate of drug-likeness (QED) is 0.0527. The first-order chi connectivity index (χ1) is 19.8. The lowest BCUT2D eigenvalue weighted by atomic mass is 9.99. The number of amidine groups is 1. The van der Waals surface area contributed by atoms with Crippen molar-refractivity contribution in [2.24, 2.45) is 11.5 Å². The molecular weight excluding hydrogens is 544 g/mol. The molecule has 1 aliphatic rings. The highest BCUT2D eigenvalue weighted by Crippen LogP contribution is 2.18. The number of aromatic amines is 1. The predicted molar refractivity (Wildman–Crippen MR) is 157 cm³/mol. The fourth-order valence-electron chi connectivity index (χ4n) is 4.68. The number of carbonyl (C=O) groups is 4. The number of amides is 3. The van der Waals surface area contributed by atoms with E-state index in [2.05, 4.69) is 26.3 Å². The molecule has 12 N–H and O–H groups in total. The first kappa shape index (κ1) is 32.2. The van der Waals surface area contributed by atoms with Crippen LogP contribution in [0.1, 0.15) is 37.4 Å². The lowest BCUT2D eigenvalue weighted by Crippen LogP contribution is -2.55. The molecule has 0 aliphatic carbocycles. The van der Waals surface area contributed by atoms with Crippen molar-refractivity contribution in [1.29, 1.82) is 5.41 Å². The van der Waals surface area contributed by atoms with Gasteiger partial charge in [-0.3, -0.25) is 19.8 Å². The standard InChI is InChI=1S/C28H40N8O6/c1-14-5-6-16-11-18(34-19(16)10-14)13-21(28(41)42)35-22(38)4-3-8-33-26(39)20(36-27(40)23(29)15(2)37)12-17-7-9-32-24(17)25(30)31/h5-7,10-11,15,20-21,23-24,32,34,37H,3-4,8-9,12-13,29H2,1-2H3,(H3,30,31)(H,33,39)(H,35,38)(H,36,40)(H,41,42). The Hall–Kier alpha value is -4.27. The minimum Gasteiger partial charge on any atom is -0.480 e. The molecule has 42 heavy (non-hydrogen) atoms. The number of carboxylic acids is 1. The number of hydrogen-bond donors (Lipinski definition) is 10. The topological polar surface area (TPSA) is 249 Å². The summed E-state index contributed by atoms with van der Waals surface area (Å²) in [7, 11) is 0. The second kappa shape index (κ2) is 14.6. The first-order valence-corrected chi connectivity index (χ1v) is 13.7. The van der Waals surface area contributed by atoms with Crippen LogP contribution in [-0.4, -0.2) is 88.1 Å². The zero-order chi connectivity index (χ0) is 31.0. The van der Waals surface area contributed by atoms with E-state index in [4.69, 9.17) is 16.9 Å². The number of nitrogens with two attached hydrogens (primary N) is 2. The molecule has 228 valence electrons. The van der Waals surface area contributed by atoms with E-state index in [1.165, 1.54) is 6.92 Å². The van der Waals surface area contributed by atoms with Gasteiger partial charge in [-0.2, -0.15) is 0 Å². The van der Waals surface area contributed by atoms with E-state index in [1.54, 1.807) is 6.08 Å². The molecule has 0 bridgehead atoms. The zero-order valence-electron chi connectivity index (χ0n) is 23.7. The number of aromatic nitrogens is 1. The van der Waals surface area contributed by atoms with Crippen LogP contribution in [0.3, 0.4) is 0 Å². The number of fused-ring (bicyclic) bond motifs is 1. The van der Waals surface area contributed by atoms with Crippen molar-refractivity contribution >= 4 is 40.4 Å². The van der Waals surface area contributed by atoms with Gasteiger partial charge in [0.25, 0.3) is 0 Å². The second-order valence-corrected chi connectivity index (χ2v) is 10.5. The van der Waals surface area contributed by atoms with Gasteiger partial charge in [0, 0.05) is 37.1 Å². The fourth-order valence-corrected chi connectivity index (χ4v) is 4.68. The normalized spacial score (nSPS) is 17.5. The minimum atomic E-state index is -1.25. The van der Waals surface area contributed by atoms with Crippen molar-refractivity contribution in [1.82, 2.24) is 26.3 Å². The van der Waals surface area contributed by atoms with Crippen LogP contribution in [0.5, 0.6) is 0 Å². The van der Waals surface area contributed by atoms with Gasteiger partial charge in [0.05, 0.1) is 12.1 Å². The summed E-state index contributed by atoms with van der Waals surface area (Å²) < 4.78 is 0. The van der Waals surface area contributed by atoms with E-state index in [1.807, 2.05) is 31.2 Å². The highest BCUT2D eigenvalue weighted by molar-refractivity contribution is 5.91. The van der Waals surface area contributed by atoms with Crippen LogP contribution in [0.25, 0.3) is 10.9 Å². The van der Waals surface area contributed by atoms with E-state index in [0.29, 0.717) is 17.8 Å². The number of carboxylic acid groups (broad SMARTS) is 1. The number of aliphatic carboxylic acids is 1. The molecule has 5 atom stereocenters. The predicted octanol–water partition coefficient (Wildman–Crippen LogP) is -1.10. The lowest BCUT2D eigenvalue weighted by Gasteiger charge is -2.24. The number of benzene rings is 1. The number of H-pyrrole nitrogens is 1. The number of rotatable bonds is 15. The van der Waals surface area contributed by atoms with Crippen LogP contribution in [0.4, 0.5) is 0 Å². The van der Waals surface area contributed by atoms with Crippen molar-refractivity contribution in [3.8, 4) is 0 Å². The maximum Gasteiger partial charge on any atom is 0.326 e. The molecule has 1 aliphatic heterocycles. The number of aryl methyl sites for hydroxylation is 1. The molecule has 0 fully saturated rings. The third kappa shape index (κ3) is 8.86. The number of aliphatic hydroxyl groups is 1. The third-order valence-electron chi connectivity index (χ3n) is 7.03. The summed E-state index contributed by atoms with van der Waals surface area (Å²) in [5.41, 5.74) is 14.6. The average molecular weight is 585 g/mol. The molecule has 0 saturated heterocycles. The fraction of sp³-hybridized carbons (Fsp3) is 0.464. The number of nitrogens with one attached hydrogen (secondary N) is 6. The van der Waals surface area contributed by atoms with Gasteiger partial charge in [0.1, 0.15) is 24.0 Å². The molecule has 2 heterocycles. The Morgan fingerprint density at radius 2 is 1.86 bits per heavy atom. The molecule has 2 aromatic rings. The highest BCUT2D eigenvalue weighted by atomic mass is 16.4. The Morgan fingerprint density at radius 1 is 1.12 bits per heavy atom. The van der Waals surface area contributed by atoms with Crippen LogP contribution in [0, 0.1) is 12.3 Å². The van der Waals surface area contributed by atoms with E-state index in [9.17, 15) is 29.4 Å². The Balaban J connectivity index is 1.53. The third-order valence-corrected chi connectivity index (χ3v) is 7.03. The average Bonchev–Trinajstić information content (AvgIpc) is 3.55. The van der Waals surface area contributed by atoms with Gasteiger partial charge in [0.15, 0.2) is 0 Å². The van der Waals surface area contributed by atoms with Crippen molar-refractivity contribution in [2.75, 3.05) is 13.1 Å². The molecule has 3 rings (SSSR count). The zero-order valence-corrected chi connectivity index (χ0v) is 23.7. The summed E-state index contributed by atoms with van der Waals surface area (Å²) in [5.74, 6) is -3.05. The summed E-state index contributed by atoms with van der Waals surface area (Å²) in [6.45, 7) is 3.84. The van der Waals surface area contributed by atoms with Gasteiger partial charge in [0.2, 0.25) is 17.7 Å². The summed E-state index contributed by atoms with van der Waals surface area (Å²) in [6.07, 6.45) is 0.945. The van der Waals surface area contributed by atoms with E-state index in [0.717, 1.165) is 16.5 Å². The molecule has 1 aromatic heterocycles. The SMILES string of the molecule is Cc1ccc2cc(CC(NC(=O)CCCNC(=O)C(CC3=CCNC3C(=N)N)NC(=O)C(N)C(C)O)C(=O)O)[nH]c2c1. The summed E-state index contributed by atoms with van der Waals surface area (Å²) in [5, 5.41) is 38.8. The van der Waals surface area contributed by atoms with Crippen LogP contribution in [0.2, 0.25) is 0 Å². The molecule has 14 heteroatoms.